The van der Waals surface area contributed by atoms with Crippen LogP contribution in [0.25, 0.3) is 0 Å². The van der Waals surface area contributed by atoms with Crippen molar-refractivity contribution in [3.63, 3.8) is 0 Å². The first-order valence-electron chi connectivity index (χ1n) is 13.3. The number of carboxylic acid groups (broad SMARTS) is 2. The number of thiazole rings is 1. The summed E-state index contributed by atoms with van der Waals surface area (Å²) < 4.78 is 5.01. The largest absolute Gasteiger partial charge is 0.512 e. The molecule has 2 unspecified atom stereocenters. The summed E-state index contributed by atoms with van der Waals surface area (Å²) in [6, 6.07) is -1.16. The van der Waals surface area contributed by atoms with E-state index in [4.69, 9.17) is 15.3 Å². The molecule has 19 heteroatoms. The van der Waals surface area contributed by atoms with Crippen molar-refractivity contribution in [2.45, 2.75) is 43.7 Å². The van der Waals surface area contributed by atoms with Gasteiger partial charge in [-0.1, -0.05) is 5.16 Å². The highest BCUT2D eigenvalue weighted by Crippen LogP contribution is 2.42. The second kappa shape index (κ2) is 12.0. The SMILES string of the molecule is CC(C)(O/N=C(\C(=O)NC1C(=O)N2C(OC(=O)O)=C(CN3CC4=CC(O)=C(O)CC4CC3=O)CS[C@@H]12)c1csc(N)n1)C(=O)O. The molecule has 0 radical (unpaired) electrons. The Morgan fingerprint density at radius 1 is 1.22 bits per heavy atom. The molecule has 4 aliphatic rings. The number of carbonyl (C=O) groups is 5. The van der Waals surface area contributed by atoms with E-state index >= 15 is 0 Å². The first kappa shape index (κ1) is 31.6. The van der Waals surface area contributed by atoms with Gasteiger partial charge in [0.25, 0.3) is 11.8 Å². The Balaban J connectivity index is 1.35. The minimum atomic E-state index is -1.80. The molecule has 0 saturated carbocycles. The van der Waals surface area contributed by atoms with Gasteiger partial charge < -0.3 is 46.0 Å². The van der Waals surface area contributed by atoms with Gasteiger partial charge in [-0.05, 0) is 31.4 Å². The average Bonchev–Trinajstić information content (AvgIpc) is 3.39. The third kappa shape index (κ3) is 6.25. The number of aliphatic hydroxyl groups excluding tert-OH is 2. The lowest BCUT2D eigenvalue weighted by molar-refractivity contribution is -0.161. The number of aromatic nitrogens is 1. The molecule has 3 aliphatic heterocycles. The Labute approximate surface area is 262 Å². The molecule has 3 amide bonds. The van der Waals surface area contributed by atoms with Crippen molar-refractivity contribution in [2.75, 3.05) is 24.6 Å². The zero-order valence-electron chi connectivity index (χ0n) is 23.8. The van der Waals surface area contributed by atoms with E-state index in [2.05, 4.69) is 15.5 Å². The highest BCUT2D eigenvalue weighted by Gasteiger charge is 2.54. The fourth-order valence-corrected chi connectivity index (χ4v) is 6.84. The van der Waals surface area contributed by atoms with Crippen LogP contribution in [0, 0.1) is 5.92 Å². The number of nitrogens with zero attached hydrogens (tertiary/aromatic N) is 4. The molecular weight excluding hydrogens is 636 g/mol. The Morgan fingerprint density at radius 2 is 1.96 bits per heavy atom. The molecule has 17 nitrogen and oxygen atoms in total. The average molecular weight is 665 g/mol. The Kier molecular flexibility index (Phi) is 8.41. The van der Waals surface area contributed by atoms with Crippen molar-refractivity contribution in [2.24, 2.45) is 11.1 Å². The molecular formula is C26H28N6O11S2. The second-order valence-corrected chi connectivity index (χ2v) is 13.0. The molecule has 5 rings (SSSR count). The lowest BCUT2D eigenvalue weighted by Crippen LogP contribution is -2.70. The van der Waals surface area contributed by atoms with Gasteiger partial charge in [-0.25, -0.2) is 14.6 Å². The number of aliphatic hydroxyl groups is 2. The number of hydrogen-bond acceptors (Lipinski definition) is 14. The number of ether oxygens (including phenoxy) is 1. The zero-order chi connectivity index (χ0) is 32.8. The van der Waals surface area contributed by atoms with Gasteiger partial charge in [-0.2, -0.15) is 0 Å². The van der Waals surface area contributed by atoms with Gasteiger partial charge in [0.2, 0.25) is 17.4 Å². The lowest BCUT2D eigenvalue weighted by atomic mass is 9.83. The van der Waals surface area contributed by atoms with Crippen LogP contribution in [0.3, 0.4) is 0 Å². The number of rotatable bonds is 9. The van der Waals surface area contributed by atoms with Gasteiger partial charge in [-0.3, -0.25) is 19.3 Å². The van der Waals surface area contributed by atoms with Crippen LogP contribution in [-0.2, 0) is 28.8 Å². The molecule has 0 spiro atoms. The lowest BCUT2D eigenvalue weighted by Gasteiger charge is -2.49. The van der Waals surface area contributed by atoms with Crippen LogP contribution in [-0.4, -0.2) is 107 Å². The summed E-state index contributed by atoms with van der Waals surface area (Å²) in [4.78, 5) is 74.2. The zero-order valence-corrected chi connectivity index (χ0v) is 25.4. The molecule has 3 atom stereocenters. The fraction of sp³-hybridized carbons (Fsp3) is 0.423. The third-order valence-corrected chi connectivity index (χ3v) is 9.45. The number of nitrogen functional groups attached to an aromatic ring is 1. The summed E-state index contributed by atoms with van der Waals surface area (Å²) >= 11 is 2.19. The second-order valence-electron chi connectivity index (χ2n) is 11.0. The van der Waals surface area contributed by atoms with E-state index in [1.165, 1.54) is 42.0 Å². The minimum absolute atomic E-state index is 0.0197. The predicted molar refractivity (Wildman–Crippen MR) is 157 cm³/mol. The minimum Gasteiger partial charge on any atom is -0.508 e. The van der Waals surface area contributed by atoms with Crippen LogP contribution in [0.1, 0.15) is 32.4 Å². The maximum Gasteiger partial charge on any atom is 0.512 e. The van der Waals surface area contributed by atoms with E-state index in [0.29, 0.717) is 5.57 Å². The van der Waals surface area contributed by atoms with Crippen LogP contribution in [0.2, 0.25) is 0 Å². The highest BCUT2D eigenvalue weighted by atomic mass is 32.2. The number of carbonyl (C=O) groups excluding carboxylic acids is 3. The molecule has 2 fully saturated rings. The van der Waals surface area contributed by atoms with Crippen molar-refractivity contribution < 1.29 is 54.0 Å². The third-order valence-electron chi connectivity index (χ3n) is 7.43. The molecule has 0 aromatic carbocycles. The summed E-state index contributed by atoms with van der Waals surface area (Å²) in [7, 11) is 0. The number of anilines is 1. The van der Waals surface area contributed by atoms with Crippen molar-refractivity contribution in [3.8, 4) is 0 Å². The van der Waals surface area contributed by atoms with Crippen LogP contribution >= 0.6 is 23.1 Å². The Bertz CT molecular complexity index is 1610. The molecule has 0 bridgehead atoms. The molecule has 4 heterocycles. The van der Waals surface area contributed by atoms with Gasteiger partial charge in [0.15, 0.2) is 16.6 Å². The van der Waals surface area contributed by atoms with Crippen LogP contribution in [0.4, 0.5) is 9.93 Å². The number of amides is 3. The van der Waals surface area contributed by atoms with Gasteiger partial charge in [0.1, 0.15) is 22.9 Å². The van der Waals surface area contributed by atoms with Crippen molar-refractivity contribution in [1.29, 1.82) is 0 Å². The van der Waals surface area contributed by atoms with Crippen LogP contribution in [0.15, 0.2) is 45.2 Å². The van der Waals surface area contributed by atoms with E-state index in [1.807, 2.05) is 0 Å². The standard InChI is InChI=1S/C26H28N6O11S2/c1-26(2,23(38)39)43-30-17(13-9-45-24(27)28-13)19(36)29-18-20(37)32-21(42-25(40)41)12(8-44-22(18)32)7-31-6-11-4-15(34)14(33)3-10(11)5-16(31)35/h4,9-10,18,22,33-34H,3,5-8H2,1-2H3,(H2,27,28)(H,29,36)(H,38,39)(H,40,41)/b30-17-/t10?,18?,22-/m0/s1. The van der Waals surface area contributed by atoms with Crippen molar-refractivity contribution in [1.82, 2.24) is 20.1 Å². The molecule has 240 valence electrons. The number of β-lactam (4-membered cyclic amide) rings is 1. The number of thioether (sulfide) groups is 1. The number of aliphatic carboxylic acids is 1. The van der Waals surface area contributed by atoms with Gasteiger partial charge in [-0.15, -0.1) is 23.1 Å². The number of fused-ring (bicyclic) bond motifs is 2. The van der Waals surface area contributed by atoms with Gasteiger partial charge in [0, 0.05) is 42.6 Å². The first-order chi connectivity index (χ1) is 21.2. The summed E-state index contributed by atoms with van der Waals surface area (Å²) in [6.07, 6.45) is -0.0752. The fourth-order valence-electron chi connectivity index (χ4n) is 4.98. The number of hydrogen-bond donors (Lipinski definition) is 6. The Hall–Kier alpha value is -4.78. The molecule has 1 aromatic rings. The monoisotopic (exact) mass is 664 g/mol. The van der Waals surface area contributed by atoms with Crippen LogP contribution < -0.4 is 11.1 Å². The molecule has 2 saturated heterocycles. The summed E-state index contributed by atoms with van der Waals surface area (Å²) in [5.74, 6) is -4.11. The van der Waals surface area contributed by atoms with Gasteiger partial charge >= 0.3 is 12.1 Å². The smallest absolute Gasteiger partial charge is 0.508 e. The van der Waals surface area contributed by atoms with E-state index in [1.54, 1.807) is 0 Å². The highest BCUT2D eigenvalue weighted by molar-refractivity contribution is 8.00. The van der Waals surface area contributed by atoms with Crippen LogP contribution in [0.5, 0.6) is 0 Å². The van der Waals surface area contributed by atoms with Crippen molar-refractivity contribution >= 4 is 63.8 Å². The first-order valence-corrected chi connectivity index (χ1v) is 15.3. The normalized spacial score (nSPS) is 23.6. The van der Waals surface area contributed by atoms with E-state index in [9.17, 15) is 44.4 Å². The van der Waals surface area contributed by atoms with Gasteiger partial charge in [0.05, 0.1) is 0 Å². The van der Waals surface area contributed by atoms with E-state index in [-0.39, 0.29) is 71.7 Å². The number of piperidine rings is 1. The summed E-state index contributed by atoms with van der Waals surface area (Å²) in [5, 5.41) is 45.5. The number of likely N-dealkylation sites (tertiary alicyclic amines) is 1. The maximum absolute atomic E-state index is 13.3. The predicted octanol–water partition coefficient (Wildman–Crippen LogP) is 1.12. The maximum atomic E-state index is 13.3. The summed E-state index contributed by atoms with van der Waals surface area (Å²) in [5.41, 5.74) is 4.50. The molecule has 7 N–H and O–H groups in total. The molecule has 1 aromatic heterocycles. The number of carboxylic acids is 1. The van der Waals surface area contributed by atoms with E-state index in [0.717, 1.165) is 21.8 Å². The van der Waals surface area contributed by atoms with Crippen molar-refractivity contribution in [3.05, 3.63) is 45.7 Å². The summed E-state index contributed by atoms with van der Waals surface area (Å²) in [6.45, 7) is 2.49. The quantitative estimate of drug-likeness (QED) is 0.0936. The molecule has 45 heavy (non-hydrogen) atoms. The topological polar surface area (TPSA) is 255 Å². The number of allylic oxidation sites excluding steroid dienone is 2. The number of oxime groups is 1. The number of nitrogens with two attached hydrogens (primary N) is 1. The van der Waals surface area contributed by atoms with E-state index < -0.39 is 46.7 Å². The Morgan fingerprint density at radius 3 is 2.60 bits per heavy atom. The number of nitrogens with one attached hydrogen (secondary N) is 1. The molecule has 1 aliphatic carbocycles.